The average Bonchev–Trinajstić information content (AvgIpc) is 3.20. The predicted octanol–water partition coefficient (Wildman–Crippen LogP) is 22.4. The molecule has 0 N–H and O–H groups in total. The van der Waals surface area contributed by atoms with E-state index >= 15 is 0 Å². The summed E-state index contributed by atoms with van der Waals surface area (Å²) in [6.45, 7) is 2.31. The van der Waals surface area contributed by atoms with Crippen LogP contribution in [-0.4, -0.2) is 3.74 Å². The van der Waals surface area contributed by atoms with Gasteiger partial charge >= 0.3 is 0 Å². The molecule has 0 unspecified atom stereocenters. The highest BCUT2D eigenvalue weighted by atomic mass is 79.9. The van der Waals surface area contributed by atoms with Gasteiger partial charge in [-0.15, -0.1) is 0 Å². The highest BCUT2D eigenvalue weighted by Crippen LogP contribution is 2.20. The van der Waals surface area contributed by atoms with Crippen molar-refractivity contribution in [1.29, 1.82) is 0 Å². The van der Waals surface area contributed by atoms with Gasteiger partial charge in [0, 0.05) is 0 Å². The van der Waals surface area contributed by atoms with E-state index < -0.39 is 0 Å². The zero-order chi connectivity index (χ0) is 40.3. The second-order valence-electron chi connectivity index (χ2n) is 18.9. The van der Waals surface area contributed by atoms with Gasteiger partial charge in [0.05, 0.1) is 3.74 Å². The van der Waals surface area contributed by atoms with Crippen LogP contribution in [0.5, 0.6) is 0 Å². The Morgan fingerprint density at radius 3 is 0.393 bits per heavy atom. The molecule has 0 radical (unpaired) electrons. The zero-order valence-corrected chi connectivity index (χ0v) is 42.3. The first-order chi connectivity index (χ1) is 27.8. The first-order valence-electron chi connectivity index (χ1n) is 27.1. The van der Waals surface area contributed by atoms with Gasteiger partial charge in [0.2, 0.25) is 0 Å². The molecule has 0 amide bonds. The van der Waals surface area contributed by atoms with Crippen LogP contribution in [0.25, 0.3) is 0 Å². The molecule has 0 aliphatic rings. The van der Waals surface area contributed by atoms with E-state index in [1.54, 1.807) is 0 Å². The fraction of sp³-hybridized carbons (Fsp3) is 1.00. The summed E-state index contributed by atoms with van der Waals surface area (Å²) in [5, 5.41) is 0. The molecule has 0 aromatic heterocycles. The molecule has 56 heavy (non-hydrogen) atoms. The standard InChI is InChI=1S/C54H108Br2/c1-2-3-4-5-6-7-8-9-10-11-12-13-14-15-16-17-18-19-20-21-22-23-24-25-26-27-28-29-30-31-32-33-34-35-36-37-38-39-40-41-42-43-44-45-46-47-48-49-50-51-52-53-54(55)56/h54H,2-53H2,1H3. The van der Waals surface area contributed by atoms with E-state index in [9.17, 15) is 0 Å². The van der Waals surface area contributed by atoms with Crippen molar-refractivity contribution < 1.29 is 0 Å². The smallest absolute Gasteiger partial charge is 0.0697 e. The Labute approximate surface area is 374 Å². The lowest BCUT2D eigenvalue weighted by atomic mass is 10.0. The lowest BCUT2D eigenvalue weighted by Crippen LogP contribution is -1.86. The quantitative estimate of drug-likeness (QED) is 0.0421. The first-order valence-corrected chi connectivity index (χ1v) is 28.9. The fourth-order valence-corrected chi connectivity index (χ4v) is 9.68. The Balaban J connectivity index is 3.05. The van der Waals surface area contributed by atoms with E-state index in [1.165, 1.54) is 334 Å². The van der Waals surface area contributed by atoms with Crippen molar-refractivity contribution in [3.63, 3.8) is 0 Å². The van der Waals surface area contributed by atoms with E-state index in [2.05, 4.69) is 38.8 Å². The van der Waals surface area contributed by atoms with Gasteiger partial charge in [-0.3, -0.25) is 0 Å². The second-order valence-corrected chi connectivity index (χ2v) is 22.3. The highest BCUT2D eigenvalue weighted by molar-refractivity contribution is 9.24. The number of halogens is 2. The number of hydrogen-bond acceptors (Lipinski definition) is 0. The summed E-state index contributed by atoms with van der Waals surface area (Å²) in [5.74, 6) is 0. The van der Waals surface area contributed by atoms with Crippen LogP contribution in [0, 0.1) is 0 Å². The molecule has 0 saturated carbocycles. The van der Waals surface area contributed by atoms with E-state index in [0.29, 0.717) is 3.74 Å². The molecule has 0 heterocycles. The molecular weight excluding hydrogens is 808 g/mol. The van der Waals surface area contributed by atoms with Gasteiger partial charge in [-0.05, 0) is 6.42 Å². The minimum absolute atomic E-state index is 0.520. The van der Waals surface area contributed by atoms with Crippen LogP contribution in [0.1, 0.15) is 341 Å². The molecule has 2 heteroatoms. The maximum Gasteiger partial charge on any atom is 0.0697 e. The van der Waals surface area contributed by atoms with Gasteiger partial charge in [-0.2, -0.15) is 0 Å². The molecule has 0 bridgehead atoms. The van der Waals surface area contributed by atoms with Crippen LogP contribution < -0.4 is 0 Å². The molecule has 338 valence electrons. The number of alkyl halides is 2. The van der Waals surface area contributed by atoms with Crippen LogP contribution >= 0.6 is 31.9 Å². The van der Waals surface area contributed by atoms with Gasteiger partial charge < -0.3 is 0 Å². The van der Waals surface area contributed by atoms with Gasteiger partial charge in [-0.25, -0.2) is 0 Å². The SMILES string of the molecule is CCCCCCCCCCCCCCCCCCCCCCCCCCCCCCCCCCCCCCCCCCCCCCCCCCCCCC(Br)Br. The minimum Gasteiger partial charge on any atom is -0.0765 e. The van der Waals surface area contributed by atoms with Gasteiger partial charge in [-0.1, -0.05) is 366 Å². The largest absolute Gasteiger partial charge is 0.0765 e. The number of rotatable bonds is 52. The summed E-state index contributed by atoms with van der Waals surface area (Å²) in [6, 6.07) is 0. The van der Waals surface area contributed by atoms with Gasteiger partial charge in [0.1, 0.15) is 0 Å². The van der Waals surface area contributed by atoms with Crippen molar-refractivity contribution in [2.75, 3.05) is 0 Å². The summed E-state index contributed by atoms with van der Waals surface area (Å²) in [6.07, 6.45) is 76.8. The van der Waals surface area contributed by atoms with Crippen LogP contribution in [0.3, 0.4) is 0 Å². The number of hydrogen-bond donors (Lipinski definition) is 0. The minimum atomic E-state index is 0.520. The molecule has 0 aliphatic heterocycles. The molecule has 0 aromatic rings. The topological polar surface area (TPSA) is 0 Å². The van der Waals surface area contributed by atoms with Gasteiger partial charge in [0.15, 0.2) is 0 Å². The first kappa shape index (κ1) is 57.0. The lowest BCUT2D eigenvalue weighted by molar-refractivity contribution is 0.507. The molecule has 0 rings (SSSR count). The maximum atomic E-state index is 3.58. The van der Waals surface area contributed by atoms with E-state index in [4.69, 9.17) is 0 Å². The predicted molar refractivity (Wildman–Crippen MR) is 267 cm³/mol. The normalized spacial score (nSPS) is 11.8. The van der Waals surface area contributed by atoms with Crippen molar-refractivity contribution in [3.8, 4) is 0 Å². The van der Waals surface area contributed by atoms with Gasteiger partial charge in [0.25, 0.3) is 0 Å². The zero-order valence-electron chi connectivity index (χ0n) is 39.1. The van der Waals surface area contributed by atoms with E-state index in [-0.39, 0.29) is 0 Å². The third kappa shape index (κ3) is 55.0. The molecule has 0 fully saturated rings. The summed E-state index contributed by atoms with van der Waals surface area (Å²) in [5.41, 5.74) is 0. The highest BCUT2D eigenvalue weighted by Gasteiger charge is 2.00. The van der Waals surface area contributed by atoms with E-state index in [1.807, 2.05) is 0 Å². The third-order valence-corrected chi connectivity index (χ3v) is 13.9. The third-order valence-electron chi connectivity index (χ3n) is 13.0. The Morgan fingerprint density at radius 2 is 0.286 bits per heavy atom. The molecule has 0 aliphatic carbocycles. The van der Waals surface area contributed by atoms with Crippen molar-refractivity contribution in [3.05, 3.63) is 0 Å². The summed E-state index contributed by atoms with van der Waals surface area (Å²) in [7, 11) is 0. The molecule has 0 atom stereocenters. The Morgan fingerprint density at radius 1 is 0.179 bits per heavy atom. The second kappa shape index (κ2) is 54.0. The molecule has 0 spiro atoms. The summed E-state index contributed by atoms with van der Waals surface area (Å²) < 4.78 is 0.520. The molecular formula is C54H108Br2. The van der Waals surface area contributed by atoms with Crippen molar-refractivity contribution in [2.24, 2.45) is 0 Å². The van der Waals surface area contributed by atoms with Crippen LogP contribution in [0.2, 0.25) is 0 Å². The van der Waals surface area contributed by atoms with Crippen LogP contribution in [0.15, 0.2) is 0 Å². The monoisotopic (exact) mass is 915 g/mol. The maximum absolute atomic E-state index is 3.58. The summed E-state index contributed by atoms with van der Waals surface area (Å²) in [4.78, 5) is 0. The fourth-order valence-electron chi connectivity index (χ4n) is 9.03. The Kier molecular flexibility index (Phi) is 54.9. The Bertz CT molecular complexity index is 646. The summed E-state index contributed by atoms with van der Waals surface area (Å²) >= 11 is 7.15. The van der Waals surface area contributed by atoms with Crippen LogP contribution in [0.4, 0.5) is 0 Å². The Hall–Kier alpha value is 0.960. The van der Waals surface area contributed by atoms with Crippen molar-refractivity contribution in [2.45, 2.75) is 345 Å². The van der Waals surface area contributed by atoms with Crippen LogP contribution in [-0.2, 0) is 0 Å². The number of unbranched alkanes of at least 4 members (excludes halogenated alkanes) is 50. The average molecular weight is 917 g/mol. The molecule has 0 nitrogen and oxygen atoms in total. The van der Waals surface area contributed by atoms with E-state index in [0.717, 1.165) is 0 Å². The molecule has 0 saturated heterocycles. The van der Waals surface area contributed by atoms with Crippen molar-refractivity contribution >= 4 is 31.9 Å². The lowest BCUT2D eigenvalue weighted by Gasteiger charge is -2.05. The van der Waals surface area contributed by atoms with Crippen molar-refractivity contribution in [1.82, 2.24) is 0 Å². The molecule has 0 aromatic carbocycles.